The van der Waals surface area contributed by atoms with Crippen LogP contribution in [0.3, 0.4) is 0 Å². The van der Waals surface area contributed by atoms with Crippen molar-refractivity contribution in [2.75, 3.05) is 66.1 Å². The molecule has 1 aromatic carbocycles. The quantitative estimate of drug-likeness (QED) is 0.803. The van der Waals surface area contributed by atoms with E-state index in [1.165, 1.54) is 5.56 Å². The van der Waals surface area contributed by atoms with Gasteiger partial charge >= 0.3 is 0 Å². The molecule has 0 radical (unpaired) electrons. The Hall–Kier alpha value is -1.14. The van der Waals surface area contributed by atoms with E-state index < -0.39 is 0 Å². The zero-order valence-electron chi connectivity index (χ0n) is 16.5. The van der Waals surface area contributed by atoms with E-state index in [-0.39, 0.29) is 5.41 Å². The van der Waals surface area contributed by atoms with Gasteiger partial charge in [0.1, 0.15) is 12.4 Å². The Labute approximate surface area is 158 Å². The topological polar surface area (TPSA) is 39.2 Å². The maximum Gasteiger partial charge on any atom is 0.123 e. The van der Waals surface area contributed by atoms with Crippen LogP contribution in [0.4, 0.5) is 0 Å². The lowest BCUT2D eigenvalue weighted by molar-refractivity contribution is 0.0552. The predicted octanol–water partition coefficient (Wildman–Crippen LogP) is 1.91. The van der Waals surface area contributed by atoms with E-state index in [9.17, 15) is 5.11 Å². The lowest BCUT2D eigenvalue weighted by Crippen LogP contribution is -2.45. The highest BCUT2D eigenvalue weighted by Crippen LogP contribution is 2.31. The fourth-order valence-electron chi connectivity index (χ4n) is 3.78. The molecular weight excluding hydrogens is 326 g/mol. The van der Waals surface area contributed by atoms with Crippen LogP contribution < -0.4 is 4.74 Å². The number of aliphatic hydroxyl groups excluding tert-OH is 1. The predicted molar refractivity (Wildman–Crippen MR) is 106 cm³/mol. The molecule has 2 heterocycles. The minimum atomic E-state index is 0.106. The monoisotopic (exact) mass is 361 g/mol. The van der Waals surface area contributed by atoms with Gasteiger partial charge in [-0.2, -0.15) is 0 Å². The first-order chi connectivity index (χ1) is 12.6. The van der Waals surface area contributed by atoms with Gasteiger partial charge in [0, 0.05) is 51.4 Å². The van der Waals surface area contributed by atoms with Crippen molar-refractivity contribution in [1.82, 2.24) is 14.7 Å². The summed E-state index contributed by atoms with van der Waals surface area (Å²) in [4.78, 5) is 7.36. The molecule has 0 saturated carbocycles. The number of nitrogens with zero attached hydrogens (tertiary/aromatic N) is 3. The second-order valence-electron chi connectivity index (χ2n) is 8.35. The second-order valence-corrected chi connectivity index (χ2v) is 8.35. The third-order valence-electron chi connectivity index (χ3n) is 6.07. The fraction of sp³-hybridized carbons (Fsp3) is 0.714. The Morgan fingerprint density at radius 1 is 1.00 bits per heavy atom. The van der Waals surface area contributed by atoms with Crippen LogP contribution in [-0.4, -0.2) is 85.9 Å². The molecule has 5 heteroatoms. The van der Waals surface area contributed by atoms with Gasteiger partial charge in [-0.25, -0.2) is 0 Å². The molecule has 0 aliphatic carbocycles. The summed E-state index contributed by atoms with van der Waals surface area (Å²) in [7, 11) is 2.19. The standard InChI is InChI=1S/C21H35N3O2/c1-21(18-25)7-9-24(10-8-21)17-19-5-3-4-6-20(19)26-16-15-23-13-11-22(2)12-14-23/h3-6,25H,7-18H2,1-2H3. The highest BCUT2D eigenvalue weighted by atomic mass is 16.5. The largest absolute Gasteiger partial charge is 0.492 e. The molecule has 1 aromatic rings. The van der Waals surface area contributed by atoms with Crippen molar-refractivity contribution in [2.45, 2.75) is 26.3 Å². The molecule has 2 aliphatic heterocycles. The number of para-hydroxylation sites is 1. The van der Waals surface area contributed by atoms with Crippen LogP contribution in [0.5, 0.6) is 5.75 Å². The van der Waals surface area contributed by atoms with Crippen molar-refractivity contribution in [3.63, 3.8) is 0 Å². The molecule has 2 aliphatic rings. The highest BCUT2D eigenvalue weighted by Gasteiger charge is 2.29. The summed E-state index contributed by atoms with van der Waals surface area (Å²) in [5.41, 5.74) is 1.38. The van der Waals surface area contributed by atoms with E-state index >= 15 is 0 Å². The second kappa shape index (κ2) is 9.18. The lowest BCUT2D eigenvalue weighted by Gasteiger charge is -2.38. The first-order valence-electron chi connectivity index (χ1n) is 10.0. The molecular formula is C21H35N3O2. The van der Waals surface area contributed by atoms with Crippen LogP contribution in [0.2, 0.25) is 0 Å². The summed E-state index contributed by atoms with van der Waals surface area (Å²) in [6, 6.07) is 8.45. The molecule has 2 fully saturated rings. The van der Waals surface area contributed by atoms with E-state index in [0.29, 0.717) is 6.61 Å². The van der Waals surface area contributed by atoms with Crippen molar-refractivity contribution >= 4 is 0 Å². The minimum Gasteiger partial charge on any atom is -0.492 e. The summed E-state index contributed by atoms with van der Waals surface area (Å²) in [6.45, 7) is 11.9. The number of benzene rings is 1. The van der Waals surface area contributed by atoms with Crippen LogP contribution in [0.25, 0.3) is 0 Å². The fourth-order valence-corrected chi connectivity index (χ4v) is 3.78. The molecule has 0 unspecified atom stereocenters. The number of hydrogen-bond acceptors (Lipinski definition) is 5. The van der Waals surface area contributed by atoms with Crippen LogP contribution in [0.15, 0.2) is 24.3 Å². The third-order valence-corrected chi connectivity index (χ3v) is 6.07. The number of piperidine rings is 1. The van der Waals surface area contributed by atoms with Crippen LogP contribution in [0, 0.1) is 5.41 Å². The number of rotatable bonds is 7. The van der Waals surface area contributed by atoms with Gasteiger partial charge < -0.3 is 14.7 Å². The first-order valence-corrected chi connectivity index (χ1v) is 10.0. The van der Waals surface area contributed by atoms with Crippen LogP contribution in [-0.2, 0) is 6.54 Å². The van der Waals surface area contributed by atoms with Gasteiger partial charge in [-0.3, -0.25) is 9.80 Å². The molecule has 2 saturated heterocycles. The van der Waals surface area contributed by atoms with E-state index in [2.05, 4.69) is 52.9 Å². The van der Waals surface area contributed by atoms with Crippen molar-refractivity contribution < 1.29 is 9.84 Å². The van der Waals surface area contributed by atoms with Gasteiger partial charge in [-0.05, 0) is 44.5 Å². The summed E-state index contributed by atoms with van der Waals surface area (Å²) in [6.07, 6.45) is 2.13. The van der Waals surface area contributed by atoms with E-state index in [1.54, 1.807) is 0 Å². The van der Waals surface area contributed by atoms with E-state index in [1.807, 2.05) is 0 Å². The number of piperazine rings is 1. The van der Waals surface area contributed by atoms with Crippen molar-refractivity contribution in [2.24, 2.45) is 5.41 Å². The smallest absolute Gasteiger partial charge is 0.123 e. The van der Waals surface area contributed by atoms with Crippen LogP contribution >= 0.6 is 0 Å². The molecule has 1 N–H and O–H groups in total. The minimum absolute atomic E-state index is 0.106. The van der Waals surface area contributed by atoms with Crippen LogP contribution in [0.1, 0.15) is 25.3 Å². The number of likely N-dealkylation sites (N-methyl/N-ethyl adjacent to an activating group) is 1. The molecule has 0 amide bonds. The Morgan fingerprint density at radius 2 is 1.69 bits per heavy atom. The molecule has 3 rings (SSSR count). The lowest BCUT2D eigenvalue weighted by atomic mass is 9.81. The Kier molecular flexibility index (Phi) is 6.92. The van der Waals surface area contributed by atoms with E-state index in [4.69, 9.17) is 4.74 Å². The highest BCUT2D eigenvalue weighted by molar-refractivity contribution is 5.33. The van der Waals surface area contributed by atoms with Gasteiger partial charge in [-0.1, -0.05) is 25.1 Å². The zero-order valence-corrected chi connectivity index (χ0v) is 16.5. The average molecular weight is 362 g/mol. The summed E-state index contributed by atoms with van der Waals surface area (Å²) in [5, 5.41) is 9.54. The first kappa shape index (κ1) is 19.6. The van der Waals surface area contributed by atoms with Gasteiger partial charge in [0.2, 0.25) is 0 Å². The van der Waals surface area contributed by atoms with Gasteiger partial charge in [-0.15, -0.1) is 0 Å². The summed E-state index contributed by atoms with van der Waals surface area (Å²) in [5.74, 6) is 1.03. The third kappa shape index (κ3) is 5.43. The van der Waals surface area contributed by atoms with Crippen molar-refractivity contribution in [1.29, 1.82) is 0 Å². The maximum atomic E-state index is 9.54. The molecule has 146 valence electrons. The summed E-state index contributed by atoms with van der Waals surface area (Å²) < 4.78 is 6.15. The molecule has 0 bridgehead atoms. The number of likely N-dealkylation sites (tertiary alicyclic amines) is 1. The van der Waals surface area contributed by atoms with Crippen molar-refractivity contribution in [3.05, 3.63) is 29.8 Å². The Morgan fingerprint density at radius 3 is 2.38 bits per heavy atom. The van der Waals surface area contributed by atoms with Crippen molar-refractivity contribution in [3.8, 4) is 5.75 Å². The van der Waals surface area contributed by atoms with Gasteiger partial charge in [0.15, 0.2) is 0 Å². The Bertz CT molecular complexity index is 550. The molecule has 0 spiro atoms. The molecule has 0 aromatic heterocycles. The molecule has 0 atom stereocenters. The van der Waals surface area contributed by atoms with Gasteiger partial charge in [0.25, 0.3) is 0 Å². The normalized spacial score (nSPS) is 22.4. The zero-order chi connectivity index (χ0) is 18.4. The van der Waals surface area contributed by atoms with Gasteiger partial charge in [0.05, 0.1) is 0 Å². The Balaban J connectivity index is 1.47. The summed E-state index contributed by atoms with van der Waals surface area (Å²) >= 11 is 0. The maximum absolute atomic E-state index is 9.54. The molecule has 5 nitrogen and oxygen atoms in total. The number of hydrogen-bond donors (Lipinski definition) is 1. The molecule has 26 heavy (non-hydrogen) atoms. The van der Waals surface area contributed by atoms with E-state index in [0.717, 1.165) is 77.6 Å². The number of ether oxygens (including phenoxy) is 1. The number of aliphatic hydroxyl groups is 1. The SMILES string of the molecule is CN1CCN(CCOc2ccccc2CN2CCC(C)(CO)CC2)CC1. The average Bonchev–Trinajstić information content (AvgIpc) is 2.67.